The fourth-order valence-corrected chi connectivity index (χ4v) is 6.30. The number of phenols is 2. The van der Waals surface area contributed by atoms with Crippen molar-refractivity contribution in [2.75, 3.05) is 32.7 Å². The number of rotatable bonds is 24. The lowest BCUT2D eigenvalue weighted by Crippen LogP contribution is -2.58. The van der Waals surface area contributed by atoms with Crippen LogP contribution in [0.2, 0.25) is 0 Å². The Bertz CT molecular complexity index is 2060. The van der Waals surface area contributed by atoms with E-state index in [4.69, 9.17) is 11.5 Å². The molecule has 26 nitrogen and oxygen atoms in total. The van der Waals surface area contributed by atoms with E-state index < -0.39 is 102 Å². The van der Waals surface area contributed by atoms with E-state index in [2.05, 4.69) is 69.1 Å². The van der Waals surface area contributed by atoms with Crippen molar-refractivity contribution >= 4 is 54.0 Å². The average molecular weight is 986 g/mol. The van der Waals surface area contributed by atoms with Crippen molar-refractivity contribution in [2.24, 2.45) is 23.3 Å². The molecular formula is C44H71N15O11. The Hall–Kier alpha value is -7.77. The summed E-state index contributed by atoms with van der Waals surface area (Å²) in [6, 6.07) is 2.32. The molecule has 0 aliphatic heterocycles. The summed E-state index contributed by atoms with van der Waals surface area (Å²) in [5.41, 5.74) is 12.9. The Morgan fingerprint density at radius 3 is 1.17 bits per heavy atom. The van der Waals surface area contributed by atoms with Crippen LogP contribution in [0, 0.1) is 11.8 Å². The number of urea groups is 7. The third kappa shape index (κ3) is 24.3. The zero-order valence-electron chi connectivity index (χ0n) is 40.5. The van der Waals surface area contributed by atoms with Crippen LogP contribution in [0.1, 0.15) is 59.6 Å². The number of phenolic OH excluding ortho intramolecular Hbond substituents is 2. The summed E-state index contributed by atoms with van der Waals surface area (Å²) in [6.45, 7) is 11.4. The van der Waals surface area contributed by atoms with Crippen LogP contribution in [0.15, 0.2) is 48.5 Å². The highest BCUT2D eigenvalue weighted by Crippen LogP contribution is 2.12. The Labute approximate surface area is 406 Å². The molecule has 0 saturated carbocycles. The summed E-state index contributed by atoms with van der Waals surface area (Å²) in [5.74, 6) is -2.34. The van der Waals surface area contributed by atoms with Gasteiger partial charge in [-0.1, -0.05) is 52.0 Å². The van der Waals surface area contributed by atoms with Crippen LogP contribution in [-0.4, -0.2) is 139 Å². The number of aromatic hydroxyl groups is 2. The quantitative estimate of drug-likeness (QED) is 0.0622. The SMILES string of the molecule is CC(C)[C@H](NC(=O)NC[C@H](C)NC(=O)NC[C@H](C)NC(=O)NC(=O)[C@@H](NC(=O)NC[C@H](C)NC(=O)NC[C@@H](N)Cc1ccc(O)cc1)C(C)C)C(=O)NC(=O)N[C@H](CNC(N)=O)Cc1ccc(O)cc1. The van der Waals surface area contributed by atoms with Crippen molar-refractivity contribution < 1.29 is 53.4 Å². The van der Waals surface area contributed by atoms with E-state index >= 15 is 0 Å². The maximum Gasteiger partial charge on any atom is 0.321 e. The minimum atomic E-state index is -1.16. The van der Waals surface area contributed by atoms with Crippen LogP contribution >= 0.6 is 0 Å². The van der Waals surface area contributed by atoms with Crippen molar-refractivity contribution in [1.82, 2.24) is 69.1 Å². The van der Waals surface area contributed by atoms with Crippen LogP contribution < -0.4 is 80.6 Å². The molecule has 0 saturated heterocycles. The van der Waals surface area contributed by atoms with Crippen LogP contribution in [0.25, 0.3) is 0 Å². The molecule has 70 heavy (non-hydrogen) atoms. The standard InChI is InChI=1S/C44H71N15O11/c1-23(2)34(56-41(67)50-19-26(6)53-40(66)51-21-30(45)16-28-8-12-32(60)13-9-28)36(62)58-43(69)54-27(7)20-48-39(65)52-25(5)18-49-42(68)57-35(24(3)4)37(63)59-44(70)55-31(22-47-38(46)64)17-29-10-14-33(61)15-11-29/h8-15,23-27,30-31,34-35,60-61H,16-22,45H2,1-7H3,(H3,46,47,64)(H2,48,52,65)(H2,49,57,68)(H2,50,56,67)(H2,51,53,66)(H2,54,58,62,69)(H2,55,59,63,70)/t25-,26-,27-,30-,31-,34-,35-/m0/s1. The Morgan fingerprint density at radius 2 is 0.786 bits per heavy atom. The molecule has 388 valence electrons. The fraction of sp³-hybridized carbons (Fsp3) is 0.523. The zero-order valence-corrected chi connectivity index (χ0v) is 40.5. The molecule has 0 bridgehead atoms. The average Bonchev–Trinajstić information content (AvgIpc) is 3.27. The molecule has 0 unspecified atom stereocenters. The van der Waals surface area contributed by atoms with Crippen LogP contribution in [0.5, 0.6) is 11.5 Å². The molecule has 2 rings (SSSR count). The van der Waals surface area contributed by atoms with E-state index in [1.54, 1.807) is 84.9 Å². The number of carbonyl (C=O) groups is 9. The number of benzene rings is 2. The van der Waals surface area contributed by atoms with Gasteiger partial charge < -0.3 is 80.2 Å². The molecule has 0 aromatic heterocycles. The third-order valence-electron chi connectivity index (χ3n) is 10.0. The summed E-state index contributed by atoms with van der Waals surface area (Å²) in [7, 11) is 0. The Morgan fingerprint density at radius 1 is 0.443 bits per heavy atom. The summed E-state index contributed by atoms with van der Waals surface area (Å²) >= 11 is 0. The monoisotopic (exact) mass is 986 g/mol. The van der Waals surface area contributed by atoms with Gasteiger partial charge in [0, 0.05) is 56.9 Å². The first-order valence-electron chi connectivity index (χ1n) is 22.6. The normalized spacial score (nSPS) is 13.8. The molecule has 16 amide bonds. The number of nitrogens with one attached hydrogen (secondary N) is 13. The van der Waals surface area contributed by atoms with E-state index in [1.807, 2.05) is 0 Å². The molecule has 0 radical (unpaired) electrons. The number of hydrogen-bond donors (Lipinski definition) is 17. The molecule has 0 aliphatic rings. The predicted octanol–water partition coefficient (Wildman–Crippen LogP) is -0.690. The molecule has 0 spiro atoms. The number of hydrogen-bond acceptors (Lipinski definition) is 12. The molecule has 2 aromatic carbocycles. The second-order valence-corrected chi connectivity index (χ2v) is 17.4. The van der Waals surface area contributed by atoms with Crippen LogP contribution in [0.3, 0.4) is 0 Å². The van der Waals surface area contributed by atoms with Gasteiger partial charge in [-0.25, -0.2) is 33.6 Å². The summed E-state index contributed by atoms with van der Waals surface area (Å²) in [6.07, 6.45) is 0.689. The number of nitrogens with two attached hydrogens (primary N) is 2. The van der Waals surface area contributed by atoms with Gasteiger partial charge in [0.05, 0.1) is 6.04 Å². The Kier molecular flexibility index (Phi) is 24.9. The lowest BCUT2D eigenvalue weighted by Gasteiger charge is -2.24. The van der Waals surface area contributed by atoms with E-state index in [0.29, 0.717) is 12.0 Å². The predicted molar refractivity (Wildman–Crippen MR) is 258 cm³/mol. The smallest absolute Gasteiger partial charge is 0.321 e. The van der Waals surface area contributed by atoms with Crippen LogP contribution in [-0.2, 0) is 22.4 Å². The topological polar surface area (TPSA) is 403 Å². The van der Waals surface area contributed by atoms with E-state index in [-0.39, 0.29) is 56.7 Å². The van der Waals surface area contributed by atoms with Crippen molar-refractivity contribution in [3.8, 4) is 11.5 Å². The van der Waals surface area contributed by atoms with Crippen molar-refractivity contribution in [1.29, 1.82) is 0 Å². The highest BCUT2D eigenvalue weighted by molar-refractivity contribution is 5.99. The van der Waals surface area contributed by atoms with Gasteiger partial charge in [-0.2, -0.15) is 0 Å². The highest BCUT2D eigenvalue weighted by Gasteiger charge is 2.28. The maximum absolute atomic E-state index is 13.0. The molecule has 2 aromatic rings. The lowest BCUT2D eigenvalue weighted by atomic mass is 10.0. The van der Waals surface area contributed by atoms with E-state index in [9.17, 15) is 53.4 Å². The molecule has 0 heterocycles. The summed E-state index contributed by atoms with van der Waals surface area (Å²) in [5, 5.41) is 51.5. The van der Waals surface area contributed by atoms with Gasteiger partial charge in [0.15, 0.2) is 0 Å². The molecular weight excluding hydrogens is 915 g/mol. The van der Waals surface area contributed by atoms with E-state index in [1.165, 1.54) is 12.1 Å². The van der Waals surface area contributed by atoms with Gasteiger partial charge in [0.2, 0.25) is 0 Å². The molecule has 26 heteroatoms. The number of amides is 16. The van der Waals surface area contributed by atoms with Crippen molar-refractivity contribution in [3.05, 3.63) is 59.7 Å². The minimum Gasteiger partial charge on any atom is -0.508 e. The second kappa shape index (κ2) is 29.9. The first-order valence-corrected chi connectivity index (χ1v) is 22.6. The molecule has 0 aliphatic carbocycles. The zero-order chi connectivity index (χ0) is 52.5. The number of imide groups is 2. The van der Waals surface area contributed by atoms with Gasteiger partial charge in [-0.3, -0.25) is 20.2 Å². The van der Waals surface area contributed by atoms with Crippen molar-refractivity contribution in [3.63, 3.8) is 0 Å². The summed E-state index contributed by atoms with van der Waals surface area (Å²) < 4.78 is 0. The highest BCUT2D eigenvalue weighted by atomic mass is 16.3. The van der Waals surface area contributed by atoms with Gasteiger partial charge >= 0.3 is 42.2 Å². The van der Waals surface area contributed by atoms with Gasteiger partial charge in [0.1, 0.15) is 23.6 Å². The van der Waals surface area contributed by atoms with Crippen LogP contribution in [0.4, 0.5) is 33.6 Å². The maximum atomic E-state index is 13.0. The summed E-state index contributed by atoms with van der Waals surface area (Å²) in [4.78, 5) is 113. The largest absolute Gasteiger partial charge is 0.508 e. The first kappa shape index (κ1) is 58.4. The van der Waals surface area contributed by atoms with Crippen molar-refractivity contribution in [2.45, 2.75) is 104 Å². The Balaban J connectivity index is 1.72. The molecule has 0 fully saturated rings. The lowest BCUT2D eigenvalue weighted by molar-refractivity contribution is -0.123. The minimum absolute atomic E-state index is 0.00498. The van der Waals surface area contributed by atoms with Gasteiger partial charge in [-0.15, -0.1) is 0 Å². The third-order valence-corrected chi connectivity index (χ3v) is 10.0. The molecule has 19 N–H and O–H groups in total. The van der Waals surface area contributed by atoms with E-state index in [0.717, 1.165) is 5.56 Å². The fourth-order valence-electron chi connectivity index (χ4n) is 6.30. The first-order chi connectivity index (χ1) is 32.9. The number of primary amides is 1. The number of carbonyl (C=O) groups excluding carboxylic acids is 9. The second-order valence-electron chi connectivity index (χ2n) is 17.4. The molecule has 7 atom stereocenters. The van der Waals surface area contributed by atoms with Gasteiger partial charge in [0.25, 0.3) is 11.8 Å². The van der Waals surface area contributed by atoms with Gasteiger partial charge in [-0.05, 0) is 80.8 Å².